The van der Waals surface area contributed by atoms with E-state index in [2.05, 4.69) is 10.6 Å². The average molecular weight is 399 g/mol. The van der Waals surface area contributed by atoms with Gasteiger partial charge in [0.25, 0.3) is 11.8 Å². The zero-order valence-corrected chi connectivity index (χ0v) is 16.1. The number of hydrogen-bond donors (Lipinski definition) is 2. The van der Waals surface area contributed by atoms with Crippen LogP contribution in [-0.4, -0.2) is 37.5 Å². The van der Waals surface area contributed by atoms with Crippen molar-refractivity contribution in [3.8, 4) is 11.5 Å². The molecular formula is C20H21N3O6. The number of ether oxygens (including phenoxy) is 2. The number of rotatable bonds is 8. The van der Waals surface area contributed by atoms with Crippen LogP contribution in [0, 0.1) is 16.0 Å². The molecule has 0 atom stereocenters. The van der Waals surface area contributed by atoms with Crippen LogP contribution in [0.5, 0.6) is 11.5 Å². The molecule has 0 saturated heterocycles. The third-order valence-electron chi connectivity index (χ3n) is 4.61. The first kappa shape index (κ1) is 20.1. The lowest BCUT2D eigenvalue weighted by atomic mass is 10.1. The zero-order chi connectivity index (χ0) is 21.0. The van der Waals surface area contributed by atoms with Crippen molar-refractivity contribution in [1.82, 2.24) is 5.32 Å². The smallest absolute Gasteiger partial charge is 0.312 e. The Labute approximate surface area is 167 Å². The monoisotopic (exact) mass is 399 g/mol. The predicted molar refractivity (Wildman–Crippen MR) is 106 cm³/mol. The summed E-state index contributed by atoms with van der Waals surface area (Å²) < 4.78 is 10.3. The fraction of sp³-hybridized carbons (Fsp3) is 0.300. The molecule has 29 heavy (non-hydrogen) atoms. The van der Waals surface area contributed by atoms with Gasteiger partial charge in [0.2, 0.25) is 5.75 Å². The lowest BCUT2D eigenvalue weighted by Crippen LogP contribution is -2.27. The van der Waals surface area contributed by atoms with Crippen LogP contribution in [0.25, 0.3) is 0 Å². The van der Waals surface area contributed by atoms with Crippen LogP contribution in [0.3, 0.4) is 0 Å². The highest BCUT2D eigenvalue weighted by Crippen LogP contribution is 2.37. The van der Waals surface area contributed by atoms with Gasteiger partial charge in [0.1, 0.15) is 11.3 Å². The predicted octanol–water partition coefficient (Wildman–Crippen LogP) is 3.00. The fourth-order valence-electron chi connectivity index (χ4n) is 2.92. The summed E-state index contributed by atoms with van der Waals surface area (Å²) in [5.74, 6) is -0.585. The summed E-state index contributed by atoms with van der Waals surface area (Å²) in [5.41, 5.74) is 0.0811. The van der Waals surface area contributed by atoms with E-state index < -0.39 is 10.8 Å². The number of methoxy groups -OCH3 is 2. The Bertz CT molecular complexity index is 955. The molecule has 0 radical (unpaired) electrons. The Morgan fingerprint density at radius 3 is 2.45 bits per heavy atom. The van der Waals surface area contributed by atoms with E-state index in [1.165, 1.54) is 26.4 Å². The maximum absolute atomic E-state index is 13.0. The third kappa shape index (κ3) is 4.45. The number of nitro groups is 1. The number of hydrogen-bond acceptors (Lipinski definition) is 6. The summed E-state index contributed by atoms with van der Waals surface area (Å²) >= 11 is 0. The van der Waals surface area contributed by atoms with E-state index in [0.717, 1.165) is 12.8 Å². The molecule has 0 spiro atoms. The van der Waals surface area contributed by atoms with Crippen molar-refractivity contribution in [2.75, 3.05) is 26.1 Å². The summed E-state index contributed by atoms with van der Waals surface area (Å²) in [6, 6.07) is 9.07. The first-order valence-corrected chi connectivity index (χ1v) is 9.04. The van der Waals surface area contributed by atoms with Gasteiger partial charge in [0.05, 0.1) is 30.4 Å². The molecule has 0 aromatic heterocycles. The van der Waals surface area contributed by atoms with Gasteiger partial charge >= 0.3 is 5.69 Å². The SMILES string of the molecule is COc1ccc([N+](=O)[O-])c(OC)c1C(=O)Nc1ccccc1C(=O)NCC1CC1. The number of nitro benzene ring substituents is 1. The summed E-state index contributed by atoms with van der Waals surface area (Å²) in [7, 11) is 2.58. The third-order valence-corrected chi connectivity index (χ3v) is 4.61. The Morgan fingerprint density at radius 2 is 1.83 bits per heavy atom. The largest absolute Gasteiger partial charge is 0.496 e. The quantitative estimate of drug-likeness (QED) is 0.520. The number of carbonyl (C=O) groups is 2. The molecule has 9 heteroatoms. The molecule has 1 aliphatic carbocycles. The molecule has 1 saturated carbocycles. The molecule has 2 aromatic carbocycles. The van der Waals surface area contributed by atoms with Gasteiger partial charge in [0, 0.05) is 12.6 Å². The van der Waals surface area contributed by atoms with E-state index in [1.54, 1.807) is 24.3 Å². The highest BCUT2D eigenvalue weighted by Gasteiger charge is 2.28. The highest BCUT2D eigenvalue weighted by atomic mass is 16.6. The second-order valence-corrected chi connectivity index (χ2v) is 6.61. The van der Waals surface area contributed by atoms with Gasteiger partial charge in [0.15, 0.2) is 0 Å². The first-order chi connectivity index (χ1) is 14.0. The van der Waals surface area contributed by atoms with Gasteiger partial charge in [-0.3, -0.25) is 19.7 Å². The van der Waals surface area contributed by atoms with Crippen LogP contribution in [0.15, 0.2) is 36.4 Å². The van der Waals surface area contributed by atoms with E-state index in [-0.39, 0.29) is 34.3 Å². The second-order valence-electron chi connectivity index (χ2n) is 6.61. The minimum absolute atomic E-state index is 0.112. The maximum Gasteiger partial charge on any atom is 0.312 e. The number of para-hydroxylation sites is 1. The molecule has 9 nitrogen and oxygen atoms in total. The lowest BCUT2D eigenvalue weighted by molar-refractivity contribution is -0.385. The molecular weight excluding hydrogens is 378 g/mol. The van der Waals surface area contributed by atoms with Crippen LogP contribution in [0.2, 0.25) is 0 Å². The standard InChI is InChI=1S/C20H21N3O6/c1-28-16-10-9-15(23(26)27)18(29-2)17(16)20(25)22-14-6-4-3-5-13(14)19(24)21-11-12-7-8-12/h3-6,9-10,12H,7-8,11H2,1-2H3,(H,21,24)(H,22,25). The van der Waals surface area contributed by atoms with Gasteiger partial charge in [-0.1, -0.05) is 12.1 Å². The summed E-state index contributed by atoms with van der Waals surface area (Å²) in [5, 5.41) is 16.8. The van der Waals surface area contributed by atoms with Crippen molar-refractivity contribution in [2.45, 2.75) is 12.8 Å². The van der Waals surface area contributed by atoms with Crippen LogP contribution in [-0.2, 0) is 0 Å². The number of anilines is 1. The number of nitrogens with one attached hydrogen (secondary N) is 2. The van der Waals surface area contributed by atoms with E-state index in [9.17, 15) is 19.7 Å². The van der Waals surface area contributed by atoms with Crippen molar-refractivity contribution in [2.24, 2.45) is 5.92 Å². The van der Waals surface area contributed by atoms with Crippen molar-refractivity contribution < 1.29 is 24.0 Å². The molecule has 3 rings (SSSR count). The van der Waals surface area contributed by atoms with E-state index in [4.69, 9.17) is 9.47 Å². The van der Waals surface area contributed by atoms with Crippen LogP contribution in [0.4, 0.5) is 11.4 Å². The highest BCUT2D eigenvalue weighted by molar-refractivity contribution is 6.12. The van der Waals surface area contributed by atoms with Crippen molar-refractivity contribution in [3.05, 3.63) is 57.6 Å². The summed E-state index contributed by atoms with van der Waals surface area (Å²) in [6.07, 6.45) is 2.20. The van der Waals surface area contributed by atoms with Crippen LogP contribution >= 0.6 is 0 Å². The Hall–Kier alpha value is -3.62. The van der Waals surface area contributed by atoms with Gasteiger partial charge in [-0.05, 0) is 37.0 Å². The van der Waals surface area contributed by atoms with Gasteiger partial charge in [-0.15, -0.1) is 0 Å². The topological polar surface area (TPSA) is 120 Å². The number of nitrogens with zero attached hydrogens (tertiary/aromatic N) is 1. The molecule has 0 bridgehead atoms. The van der Waals surface area contributed by atoms with Crippen LogP contribution in [0.1, 0.15) is 33.6 Å². The van der Waals surface area contributed by atoms with Gasteiger partial charge < -0.3 is 20.1 Å². The minimum Gasteiger partial charge on any atom is -0.496 e. The Morgan fingerprint density at radius 1 is 1.10 bits per heavy atom. The van der Waals surface area contributed by atoms with Crippen molar-refractivity contribution >= 4 is 23.2 Å². The zero-order valence-electron chi connectivity index (χ0n) is 16.1. The lowest BCUT2D eigenvalue weighted by Gasteiger charge is -2.15. The number of amides is 2. The summed E-state index contributed by atoms with van der Waals surface area (Å²) in [4.78, 5) is 36.1. The van der Waals surface area contributed by atoms with E-state index in [0.29, 0.717) is 18.0 Å². The Kier molecular flexibility index (Phi) is 5.96. The first-order valence-electron chi connectivity index (χ1n) is 9.04. The molecule has 0 unspecified atom stereocenters. The molecule has 0 aliphatic heterocycles. The van der Waals surface area contributed by atoms with Crippen molar-refractivity contribution in [3.63, 3.8) is 0 Å². The molecule has 1 fully saturated rings. The minimum atomic E-state index is -0.690. The second kappa shape index (κ2) is 8.59. The summed E-state index contributed by atoms with van der Waals surface area (Å²) in [6.45, 7) is 0.591. The molecule has 1 aliphatic rings. The maximum atomic E-state index is 13.0. The number of carbonyl (C=O) groups excluding carboxylic acids is 2. The van der Waals surface area contributed by atoms with Crippen LogP contribution < -0.4 is 20.1 Å². The molecule has 0 heterocycles. The molecule has 2 aromatic rings. The van der Waals surface area contributed by atoms with E-state index >= 15 is 0 Å². The van der Waals surface area contributed by atoms with E-state index in [1.807, 2.05) is 0 Å². The average Bonchev–Trinajstić information content (AvgIpc) is 3.55. The number of benzene rings is 2. The fourth-order valence-corrected chi connectivity index (χ4v) is 2.92. The molecule has 152 valence electrons. The van der Waals surface area contributed by atoms with Gasteiger partial charge in [-0.2, -0.15) is 0 Å². The molecule has 2 N–H and O–H groups in total. The van der Waals surface area contributed by atoms with Crippen molar-refractivity contribution in [1.29, 1.82) is 0 Å². The Balaban J connectivity index is 1.92. The molecule has 2 amide bonds. The normalized spacial score (nSPS) is 12.8. The van der Waals surface area contributed by atoms with Gasteiger partial charge in [-0.25, -0.2) is 0 Å².